The largest absolute Gasteiger partial charge is 0.618 e. The second kappa shape index (κ2) is 11.0. The molecule has 0 bridgehead atoms. The van der Waals surface area contributed by atoms with Crippen LogP contribution in [0.2, 0.25) is 0 Å². The van der Waals surface area contributed by atoms with Gasteiger partial charge in [-0.05, 0) is 52.3 Å². The summed E-state index contributed by atoms with van der Waals surface area (Å²) < 4.78 is 14.5. The van der Waals surface area contributed by atoms with Crippen LogP contribution in [0.3, 0.4) is 0 Å². The van der Waals surface area contributed by atoms with Crippen molar-refractivity contribution in [1.29, 1.82) is 0 Å². The Morgan fingerprint density at radius 2 is 1.92 bits per heavy atom. The minimum absolute atomic E-state index is 0.0214. The summed E-state index contributed by atoms with van der Waals surface area (Å²) in [6.07, 6.45) is 1.48. The molecule has 9 heteroatoms. The summed E-state index contributed by atoms with van der Waals surface area (Å²) in [5.74, 6) is 1.29. The molecule has 2 aromatic heterocycles. The van der Waals surface area contributed by atoms with Crippen LogP contribution >= 0.6 is 0 Å². The van der Waals surface area contributed by atoms with E-state index in [1.165, 1.54) is 6.20 Å². The molecule has 0 saturated heterocycles. The summed E-state index contributed by atoms with van der Waals surface area (Å²) in [4.78, 5) is 17.2. The number of hydrogen-bond acceptors (Lipinski definition) is 5. The summed E-state index contributed by atoms with van der Waals surface area (Å²) in [6, 6.07) is 15.2. The number of urea groups is 1. The molecule has 0 fully saturated rings. The number of fused-ring (bicyclic) bond motifs is 3. The highest BCUT2D eigenvalue weighted by molar-refractivity contribution is 6.01. The lowest BCUT2D eigenvalue weighted by Crippen LogP contribution is -2.52. The molecular weight excluding hydrogens is 470 g/mol. The van der Waals surface area contributed by atoms with E-state index in [0.29, 0.717) is 42.4 Å². The molecule has 196 valence electrons. The van der Waals surface area contributed by atoms with Gasteiger partial charge in [0.1, 0.15) is 24.8 Å². The maximum Gasteiger partial charge on any atom is 0.315 e. The zero-order valence-electron chi connectivity index (χ0n) is 22.1. The lowest BCUT2D eigenvalue weighted by Gasteiger charge is -2.28. The van der Waals surface area contributed by atoms with Crippen LogP contribution < -0.4 is 20.1 Å². The zero-order valence-corrected chi connectivity index (χ0v) is 22.1. The Morgan fingerprint density at radius 1 is 1.16 bits per heavy atom. The summed E-state index contributed by atoms with van der Waals surface area (Å²) in [7, 11) is 0. The highest BCUT2D eigenvalue weighted by atomic mass is 16.5. The molecule has 0 aliphatic carbocycles. The molecule has 0 aliphatic rings. The number of pyridine rings is 1. The molecule has 0 unspecified atom stereocenters. The molecule has 37 heavy (non-hydrogen) atoms. The molecule has 9 nitrogen and oxygen atoms in total. The van der Waals surface area contributed by atoms with Gasteiger partial charge in [-0.2, -0.15) is 4.73 Å². The Kier molecular flexibility index (Phi) is 7.83. The number of amides is 2. The van der Waals surface area contributed by atoms with Gasteiger partial charge in [-0.25, -0.2) is 9.78 Å². The number of nitrogens with zero attached hydrogens (tertiary/aromatic N) is 3. The summed E-state index contributed by atoms with van der Waals surface area (Å²) in [5.41, 5.74) is 2.29. The first-order valence-corrected chi connectivity index (χ1v) is 12.5. The summed E-state index contributed by atoms with van der Waals surface area (Å²) in [6.45, 7) is 11.3. The average molecular weight is 506 g/mol. The molecule has 2 N–H and O–H groups in total. The van der Waals surface area contributed by atoms with Crippen LogP contribution in [0, 0.1) is 5.21 Å². The lowest BCUT2D eigenvalue weighted by molar-refractivity contribution is -0.575. The Labute approximate surface area is 217 Å². The maximum atomic E-state index is 13.0. The maximum absolute atomic E-state index is 13.0. The van der Waals surface area contributed by atoms with Gasteiger partial charge in [0.2, 0.25) is 11.7 Å². The van der Waals surface area contributed by atoms with E-state index in [2.05, 4.69) is 10.6 Å². The van der Waals surface area contributed by atoms with E-state index in [9.17, 15) is 10.0 Å². The normalized spacial score (nSPS) is 11.8. The molecule has 4 rings (SSSR count). The summed E-state index contributed by atoms with van der Waals surface area (Å²) >= 11 is 0. The second-order valence-electron chi connectivity index (χ2n) is 10.0. The predicted molar refractivity (Wildman–Crippen MR) is 143 cm³/mol. The quantitative estimate of drug-likeness (QED) is 0.245. The first kappa shape index (κ1) is 26.2. The predicted octanol–water partition coefficient (Wildman–Crippen LogP) is 4.42. The van der Waals surface area contributed by atoms with Gasteiger partial charge < -0.3 is 29.9 Å². The van der Waals surface area contributed by atoms with E-state index in [-0.39, 0.29) is 18.7 Å². The first-order valence-electron chi connectivity index (χ1n) is 12.5. The Morgan fingerprint density at radius 3 is 2.62 bits per heavy atom. The van der Waals surface area contributed by atoms with Crippen molar-refractivity contribution >= 4 is 28.0 Å². The number of imidazole rings is 1. The third-order valence-corrected chi connectivity index (χ3v) is 5.88. The molecule has 0 spiro atoms. The number of carbonyl (C=O) groups is 1. The van der Waals surface area contributed by atoms with E-state index < -0.39 is 5.54 Å². The van der Waals surface area contributed by atoms with Crippen molar-refractivity contribution in [2.75, 3.05) is 6.61 Å². The van der Waals surface area contributed by atoms with E-state index in [0.717, 1.165) is 21.2 Å². The minimum atomic E-state index is -0.609. The van der Waals surface area contributed by atoms with Crippen LogP contribution in [0.25, 0.3) is 21.9 Å². The number of benzene rings is 2. The van der Waals surface area contributed by atoms with Crippen LogP contribution in [-0.2, 0) is 24.5 Å². The fourth-order valence-electron chi connectivity index (χ4n) is 4.31. The fourth-order valence-corrected chi connectivity index (χ4v) is 4.31. The van der Waals surface area contributed by atoms with Gasteiger partial charge in [-0.1, -0.05) is 30.3 Å². The zero-order chi connectivity index (χ0) is 26.6. The van der Waals surface area contributed by atoms with E-state index >= 15 is 0 Å². The molecule has 0 aliphatic heterocycles. The molecule has 2 aromatic carbocycles. The van der Waals surface area contributed by atoms with Gasteiger partial charge in [-0.3, -0.25) is 0 Å². The fraction of sp³-hybridized carbons (Fsp3) is 0.393. The molecular formula is C28H35N5O4. The number of rotatable bonds is 10. The van der Waals surface area contributed by atoms with Gasteiger partial charge in [0.25, 0.3) is 0 Å². The van der Waals surface area contributed by atoms with Gasteiger partial charge in [0.15, 0.2) is 5.52 Å². The van der Waals surface area contributed by atoms with E-state index in [1.54, 1.807) is 6.07 Å². The van der Waals surface area contributed by atoms with Crippen LogP contribution in [0.15, 0.2) is 54.7 Å². The third kappa shape index (κ3) is 6.29. The van der Waals surface area contributed by atoms with Crippen molar-refractivity contribution < 1.29 is 19.0 Å². The number of carbonyl (C=O) groups excluding carboxylic acids is 1. The van der Waals surface area contributed by atoms with Crippen molar-refractivity contribution in [1.82, 2.24) is 20.2 Å². The standard InChI is InChI=1S/C28H35N5O4/c1-6-36-17-25-30-23-15-33(35)24-14-21(37-16-20-10-8-7-9-11-20)12-13-22(24)26(23)32(25)18-28(4,5)31-27(34)29-19(2)3/h7-15,19H,6,16-18H2,1-5H3,(H2,29,31,34). The smallest absolute Gasteiger partial charge is 0.315 e. The van der Waals surface area contributed by atoms with E-state index in [1.807, 2.05) is 81.7 Å². The van der Waals surface area contributed by atoms with Crippen molar-refractivity contribution in [2.45, 2.75) is 66.0 Å². The van der Waals surface area contributed by atoms with Crippen molar-refractivity contribution in [3.63, 3.8) is 0 Å². The van der Waals surface area contributed by atoms with Gasteiger partial charge in [-0.15, -0.1) is 0 Å². The first-order chi connectivity index (χ1) is 17.7. The Bertz CT molecular complexity index is 1380. The van der Waals surface area contributed by atoms with Gasteiger partial charge in [0.05, 0.1) is 22.5 Å². The highest BCUT2D eigenvalue weighted by Crippen LogP contribution is 2.29. The van der Waals surface area contributed by atoms with Gasteiger partial charge in [0, 0.05) is 19.2 Å². The second-order valence-corrected chi connectivity index (χ2v) is 10.0. The van der Waals surface area contributed by atoms with Gasteiger partial charge >= 0.3 is 6.03 Å². The average Bonchev–Trinajstić information content (AvgIpc) is 3.17. The Balaban J connectivity index is 1.73. The number of aromatic nitrogens is 3. The molecule has 4 aromatic rings. The molecule has 0 saturated carbocycles. The number of hydrogen-bond donors (Lipinski definition) is 2. The molecule has 0 atom stereocenters. The van der Waals surface area contributed by atoms with Crippen molar-refractivity contribution in [2.24, 2.45) is 0 Å². The minimum Gasteiger partial charge on any atom is -0.618 e. The van der Waals surface area contributed by atoms with Crippen LogP contribution in [0.1, 0.15) is 46.0 Å². The third-order valence-electron chi connectivity index (χ3n) is 5.88. The highest BCUT2D eigenvalue weighted by Gasteiger charge is 2.27. The molecule has 2 heterocycles. The van der Waals surface area contributed by atoms with Crippen LogP contribution in [0.4, 0.5) is 4.79 Å². The summed E-state index contributed by atoms with van der Waals surface area (Å²) in [5, 5.41) is 19.7. The Hall–Kier alpha value is -3.85. The lowest BCUT2D eigenvalue weighted by atomic mass is 10.1. The topological polar surface area (TPSA) is 104 Å². The molecule has 2 amide bonds. The van der Waals surface area contributed by atoms with E-state index in [4.69, 9.17) is 14.5 Å². The van der Waals surface area contributed by atoms with Crippen LogP contribution in [0.5, 0.6) is 5.75 Å². The number of ether oxygens (including phenoxy) is 2. The molecule has 0 radical (unpaired) electrons. The van der Waals surface area contributed by atoms with Crippen LogP contribution in [-0.4, -0.2) is 33.8 Å². The SMILES string of the molecule is CCOCc1nc2c[n+]([O-])c3cc(OCc4ccccc4)ccc3c2n1CC(C)(C)NC(=O)NC(C)C. The monoisotopic (exact) mass is 505 g/mol. The van der Waals surface area contributed by atoms with Crippen molar-refractivity contribution in [3.05, 3.63) is 71.3 Å². The van der Waals surface area contributed by atoms with Crippen molar-refractivity contribution in [3.8, 4) is 5.75 Å². The number of nitrogens with one attached hydrogen (secondary N) is 2.